The maximum absolute atomic E-state index is 12.2. The largest absolute Gasteiger partial charge is 0.505 e. The second-order valence-corrected chi connectivity index (χ2v) is 5.99. The number of aryl methyl sites for hydroxylation is 2. The lowest BCUT2D eigenvalue weighted by Crippen LogP contribution is -1.94. The molecule has 0 amide bonds. The fourth-order valence-corrected chi connectivity index (χ4v) is 2.67. The van der Waals surface area contributed by atoms with E-state index in [0.717, 1.165) is 4.47 Å². The molecule has 6 heteroatoms. The minimum atomic E-state index is -0.227. The van der Waals surface area contributed by atoms with E-state index in [9.17, 15) is 9.90 Å². The Hall–Kier alpha value is -2.47. The Bertz CT molecular complexity index is 976. The first-order valence-corrected chi connectivity index (χ1v) is 7.70. The van der Waals surface area contributed by atoms with Crippen LogP contribution in [0.3, 0.4) is 0 Å². The molecule has 1 aromatic heterocycles. The van der Waals surface area contributed by atoms with Gasteiger partial charge < -0.3 is 9.52 Å². The van der Waals surface area contributed by atoms with E-state index in [2.05, 4.69) is 26.2 Å². The Morgan fingerprint density at radius 2 is 1.61 bits per heavy atom. The first-order valence-electron chi connectivity index (χ1n) is 6.90. The van der Waals surface area contributed by atoms with Crippen molar-refractivity contribution in [2.75, 3.05) is 0 Å². The molecule has 0 saturated carbocycles. The van der Waals surface area contributed by atoms with Crippen LogP contribution < -0.4 is 5.43 Å². The number of rotatable bonds is 2. The van der Waals surface area contributed by atoms with E-state index >= 15 is 0 Å². The van der Waals surface area contributed by atoms with Crippen LogP contribution in [0.2, 0.25) is 0 Å². The zero-order valence-corrected chi connectivity index (χ0v) is 14.1. The van der Waals surface area contributed by atoms with E-state index in [1.807, 2.05) is 12.1 Å². The summed E-state index contributed by atoms with van der Waals surface area (Å²) in [6.07, 6.45) is 0. The molecule has 0 spiro atoms. The number of furan rings is 1. The Morgan fingerprint density at radius 1 is 0.957 bits per heavy atom. The zero-order valence-electron chi connectivity index (χ0n) is 12.5. The molecule has 0 bridgehead atoms. The van der Waals surface area contributed by atoms with E-state index in [1.54, 1.807) is 26.0 Å². The highest BCUT2D eigenvalue weighted by atomic mass is 79.9. The molecule has 0 aliphatic carbocycles. The molecule has 0 unspecified atom stereocenters. The molecule has 1 heterocycles. The van der Waals surface area contributed by atoms with Crippen molar-refractivity contribution in [2.24, 2.45) is 10.2 Å². The molecule has 0 atom stereocenters. The summed E-state index contributed by atoms with van der Waals surface area (Å²) in [6.45, 7) is 3.39. The Kier molecular flexibility index (Phi) is 4.00. The van der Waals surface area contributed by atoms with E-state index in [0.29, 0.717) is 28.0 Å². The van der Waals surface area contributed by atoms with Crippen LogP contribution in [0.5, 0.6) is 5.75 Å². The third-order valence-corrected chi connectivity index (χ3v) is 4.01. The fraction of sp³-hybridized carbons (Fsp3) is 0.118. The second kappa shape index (κ2) is 5.96. The molecule has 3 rings (SSSR count). The Labute approximate surface area is 140 Å². The van der Waals surface area contributed by atoms with Crippen molar-refractivity contribution >= 4 is 38.1 Å². The summed E-state index contributed by atoms with van der Waals surface area (Å²) in [7, 11) is 0. The average Bonchev–Trinajstić information content (AvgIpc) is 2.75. The average molecular weight is 373 g/mol. The second-order valence-electron chi connectivity index (χ2n) is 5.07. The van der Waals surface area contributed by atoms with Crippen LogP contribution in [-0.4, -0.2) is 5.11 Å². The third-order valence-electron chi connectivity index (χ3n) is 3.48. The molecular formula is C17H13BrN2O3. The van der Waals surface area contributed by atoms with Crippen molar-refractivity contribution in [3.8, 4) is 5.75 Å². The summed E-state index contributed by atoms with van der Waals surface area (Å²) >= 11 is 3.35. The molecule has 23 heavy (non-hydrogen) atoms. The molecule has 0 aliphatic rings. The number of aromatic hydroxyl groups is 1. The van der Waals surface area contributed by atoms with Gasteiger partial charge in [0, 0.05) is 4.47 Å². The number of nitrogens with zero attached hydrogens (tertiary/aromatic N) is 2. The lowest BCUT2D eigenvalue weighted by atomic mass is 10.2. The van der Waals surface area contributed by atoms with Crippen LogP contribution in [0.1, 0.15) is 11.5 Å². The summed E-state index contributed by atoms with van der Waals surface area (Å²) in [5, 5.41) is 19.4. The molecule has 116 valence electrons. The highest BCUT2D eigenvalue weighted by molar-refractivity contribution is 9.10. The standard InChI is InChI=1S/C17H13BrN2O3/c1-9-15-14(21)8-7-13(17(22)16(15)10(2)23-9)20-19-12-5-3-11(18)4-6-12/h3-8,22H,1-2H3. The molecule has 0 saturated heterocycles. The maximum Gasteiger partial charge on any atom is 0.190 e. The predicted molar refractivity (Wildman–Crippen MR) is 91.9 cm³/mol. The summed E-state index contributed by atoms with van der Waals surface area (Å²) in [4.78, 5) is 12.2. The van der Waals surface area contributed by atoms with Gasteiger partial charge >= 0.3 is 0 Å². The molecule has 1 N–H and O–H groups in total. The maximum atomic E-state index is 12.2. The van der Waals surface area contributed by atoms with E-state index < -0.39 is 0 Å². The molecule has 0 fully saturated rings. The zero-order chi connectivity index (χ0) is 16.6. The highest BCUT2D eigenvalue weighted by Crippen LogP contribution is 2.36. The minimum absolute atomic E-state index is 0.114. The Morgan fingerprint density at radius 3 is 2.30 bits per heavy atom. The first kappa shape index (κ1) is 15.4. The summed E-state index contributed by atoms with van der Waals surface area (Å²) in [6, 6.07) is 10.1. The van der Waals surface area contributed by atoms with Crippen LogP contribution in [0.4, 0.5) is 11.4 Å². The normalized spacial score (nSPS) is 11.4. The monoisotopic (exact) mass is 372 g/mol. The smallest absolute Gasteiger partial charge is 0.190 e. The highest BCUT2D eigenvalue weighted by Gasteiger charge is 2.15. The van der Waals surface area contributed by atoms with Crippen molar-refractivity contribution in [1.29, 1.82) is 0 Å². The van der Waals surface area contributed by atoms with Crippen LogP contribution >= 0.6 is 15.9 Å². The quantitative estimate of drug-likeness (QED) is 0.620. The summed E-state index contributed by atoms with van der Waals surface area (Å²) in [5.74, 6) is 0.838. The Balaban J connectivity index is 2.17. The SMILES string of the molecule is Cc1oc(C)c2c(=O)ccc(N=Nc3ccc(Br)cc3)c(O)c12. The topological polar surface area (TPSA) is 75.2 Å². The number of benzene rings is 1. The van der Waals surface area contributed by atoms with E-state index in [4.69, 9.17) is 4.42 Å². The molecule has 0 aliphatic heterocycles. The number of fused-ring (bicyclic) bond motifs is 1. The van der Waals surface area contributed by atoms with Gasteiger partial charge in [0.25, 0.3) is 0 Å². The summed E-state index contributed by atoms with van der Waals surface area (Å²) in [5.41, 5.74) is 0.622. The number of azo groups is 1. The minimum Gasteiger partial charge on any atom is -0.505 e. The van der Waals surface area contributed by atoms with Gasteiger partial charge in [-0.05, 0) is 50.2 Å². The van der Waals surface area contributed by atoms with Crippen molar-refractivity contribution in [3.63, 3.8) is 0 Å². The van der Waals surface area contributed by atoms with Crippen LogP contribution in [0.15, 0.2) is 60.3 Å². The van der Waals surface area contributed by atoms with Gasteiger partial charge in [-0.2, -0.15) is 5.11 Å². The lowest BCUT2D eigenvalue weighted by Gasteiger charge is -1.96. The van der Waals surface area contributed by atoms with Crippen molar-refractivity contribution in [2.45, 2.75) is 13.8 Å². The number of hydrogen-bond donors (Lipinski definition) is 1. The van der Waals surface area contributed by atoms with Gasteiger partial charge in [0.2, 0.25) is 0 Å². The van der Waals surface area contributed by atoms with Crippen molar-refractivity contribution in [3.05, 3.63) is 62.6 Å². The van der Waals surface area contributed by atoms with Gasteiger partial charge in [-0.1, -0.05) is 15.9 Å². The van der Waals surface area contributed by atoms with Crippen LogP contribution in [0.25, 0.3) is 10.8 Å². The van der Waals surface area contributed by atoms with Gasteiger partial charge in [0.1, 0.15) is 17.2 Å². The number of hydrogen-bond acceptors (Lipinski definition) is 5. The fourth-order valence-electron chi connectivity index (χ4n) is 2.41. The molecule has 5 nitrogen and oxygen atoms in total. The lowest BCUT2D eigenvalue weighted by molar-refractivity contribution is 0.478. The third kappa shape index (κ3) is 2.90. The van der Waals surface area contributed by atoms with Gasteiger partial charge in [-0.25, -0.2) is 0 Å². The first-order chi connectivity index (χ1) is 11.0. The molecule has 3 aromatic rings. The molecular weight excluding hydrogens is 360 g/mol. The van der Waals surface area contributed by atoms with Crippen LogP contribution in [-0.2, 0) is 0 Å². The van der Waals surface area contributed by atoms with E-state index in [1.165, 1.54) is 12.1 Å². The predicted octanol–water partition coefficient (Wildman–Crippen LogP) is 5.29. The van der Waals surface area contributed by atoms with Crippen molar-refractivity contribution < 1.29 is 9.52 Å². The van der Waals surface area contributed by atoms with Gasteiger partial charge in [-0.15, -0.1) is 5.11 Å². The molecule has 2 aromatic carbocycles. The van der Waals surface area contributed by atoms with E-state index in [-0.39, 0.29) is 16.9 Å². The van der Waals surface area contributed by atoms with Gasteiger partial charge in [0.15, 0.2) is 11.2 Å². The van der Waals surface area contributed by atoms with Gasteiger partial charge in [0.05, 0.1) is 16.5 Å². The van der Waals surface area contributed by atoms with Crippen molar-refractivity contribution in [1.82, 2.24) is 0 Å². The number of halogens is 1. The molecule has 0 radical (unpaired) electrons. The summed E-state index contributed by atoms with van der Waals surface area (Å²) < 4.78 is 6.40. The van der Waals surface area contributed by atoms with Gasteiger partial charge in [-0.3, -0.25) is 4.79 Å². The van der Waals surface area contributed by atoms with Crippen LogP contribution in [0, 0.1) is 13.8 Å².